The minimum atomic E-state index is -0.464. The second-order valence-electron chi connectivity index (χ2n) is 8.61. The Labute approximate surface area is 205 Å². The highest BCUT2D eigenvalue weighted by Crippen LogP contribution is 2.33. The van der Waals surface area contributed by atoms with Crippen molar-refractivity contribution in [2.24, 2.45) is 0 Å². The van der Waals surface area contributed by atoms with Gasteiger partial charge >= 0.3 is 6.03 Å². The van der Waals surface area contributed by atoms with E-state index in [2.05, 4.69) is 5.32 Å². The number of ether oxygens (including phenoxy) is 2. The number of nitrogens with one attached hydrogen (secondary N) is 1. The molecule has 4 rings (SSSR count). The maximum Gasteiger partial charge on any atom is 0.317 e. The smallest absolute Gasteiger partial charge is 0.317 e. The van der Waals surface area contributed by atoms with Crippen molar-refractivity contribution in [2.45, 2.75) is 52.2 Å². The Morgan fingerprint density at radius 1 is 1.20 bits per heavy atom. The van der Waals surface area contributed by atoms with E-state index < -0.39 is 5.82 Å². The van der Waals surface area contributed by atoms with Crippen molar-refractivity contribution in [2.75, 3.05) is 19.7 Å². The van der Waals surface area contributed by atoms with Crippen molar-refractivity contribution in [3.63, 3.8) is 0 Å². The Morgan fingerprint density at radius 2 is 1.97 bits per heavy atom. The summed E-state index contributed by atoms with van der Waals surface area (Å²) in [6.07, 6.45) is 3.37. The molecular formula is C27H33FN4O3. The molecule has 1 fully saturated rings. The zero-order chi connectivity index (χ0) is 24.6. The van der Waals surface area contributed by atoms with Crippen LogP contribution in [0.3, 0.4) is 0 Å². The number of carbonyl (C=O) groups is 1. The lowest BCUT2D eigenvalue weighted by Crippen LogP contribution is -2.43. The van der Waals surface area contributed by atoms with E-state index in [0.29, 0.717) is 32.0 Å². The molecule has 0 spiro atoms. The van der Waals surface area contributed by atoms with Crippen LogP contribution < -0.4 is 10.1 Å². The van der Waals surface area contributed by atoms with E-state index in [0.717, 1.165) is 36.2 Å². The van der Waals surface area contributed by atoms with Gasteiger partial charge in [-0.2, -0.15) is 5.10 Å². The maximum absolute atomic E-state index is 14.6. The van der Waals surface area contributed by atoms with Crippen LogP contribution in [0.25, 0.3) is 5.69 Å². The Hall–Kier alpha value is -3.39. The fourth-order valence-electron chi connectivity index (χ4n) is 4.19. The molecule has 1 aliphatic rings. The number of nitrogens with zero attached hydrogens (tertiary/aromatic N) is 3. The second kappa shape index (κ2) is 11.8. The summed E-state index contributed by atoms with van der Waals surface area (Å²) in [5.74, 6) is 0.0441. The molecule has 1 atom stereocenters. The predicted octanol–water partition coefficient (Wildman–Crippen LogP) is 5.47. The van der Waals surface area contributed by atoms with Crippen LogP contribution in [-0.2, 0) is 17.7 Å². The van der Waals surface area contributed by atoms with Gasteiger partial charge in [0.1, 0.15) is 0 Å². The van der Waals surface area contributed by atoms with Gasteiger partial charge in [0.2, 0.25) is 5.88 Å². The van der Waals surface area contributed by atoms with E-state index in [1.807, 2.05) is 44.2 Å². The molecule has 2 aromatic carbocycles. The number of carbonyl (C=O) groups excluding carboxylic acids is 1. The van der Waals surface area contributed by atoms with E-state index in [1.54, 1.807) is 27.8 Å². The van der Waals surface area contributed by atoms with Crippen molar-refractivity contribution in [1.29, 1.82) is 0 Å². The molecule has 1 unspecified atom stereocenters. The topological polar surface area (TPSA) is 68.6 Å². The van der Waals surface area contributed by atoms with Crippen LogP contribution in [-0.4, -0.2) is 46.5 Å². The molecule has 2 heterocycles. The van der Waals surface area contributed by atoms with Gasteiger partial charge in [-0.25, -0.2) is 13.9 Å². The molecule has 1 saturated heterocycles. The third-order valence-electron chi connectivity index (χ3n) is 6.01. The van der Waals surface area contributed by atoms with Crippen molar-refractivity contribution in [3.05, 3.63) is 71.7 Å². The lowest BCUT2D eigenvalue weighted by molar-refractivity contribution is 0.0792. The van der Waals surface area contributed by atoms with E-state index in [9.17, 15) is 9.18 Å². The molecule has 35 heavy (non-hydrogen) atoms. The van der Waals surface area contributed by atoms with Crippen LogP contribution in [0.1, 0.15) is 44.4 Å². The van der Waals surface area contributed by atoms with Gasteiger partial charge in [0.25, 0.3) is 0 Å². The fraction of sp³-hybridized carbons (Fsp3) is 0.407. The van der Waals surface area contributed by atoms with Crippen molar-refractivity contribution in [3.8, 4) is 17.3 Å². The quantitative estimate of drug-likeness (QED) is 0.418. The highest BCUT2D eigenvalue weighted by atomic mass is 19.1. The minimum Gasteiger partial charge on any atom is -0.435 e. The number of hydrogen-bond donors (Lipinski definition) is 1. The highest BCUT2D eigenvalue weighted by molar-refractivity contribution is 5.74. The first kappa shape index (κ1) is 24.7. The van der Waals surface area contributed by atoms with Gasteiger partial charge in [0, 0.05) is 19.7 Å². The van der Waals surface area contributed by atoms with E-state index in [1.165, 1.54) is 6.07 Å². The van der Waals surface area contributed by atoms with Gasteiger partial charge in [0.15, 0.2) is 11.6 Å². The molecule has 1 N–H and O–H groups in total. The molecular weight excluding hydrogens is 447 g/mol. The molecule has 186 valence electrons. The largest absolute Gasteiger partial charge is 0.435 e. The second-order valence-corrected chi connectivity index (χ2v) is 8.61. The van der Waals surface area contributed by atoms with Crippen LogP contribution in [0.5, 0.6) is 11.6 Å². The van der Waals surface area contributed by atoms with Gasteiger partial charge in [-0.1, -0.05) is 44.2 Å². The Morgan fingerprint density at radius 3 is 2.66 bits per heavy atom. The average Bonchev–Trinajstić information content (AvgIpc) is 3.52. The Kier molecular flexibility index (Phi) is 8.36. The molecule has 0 bridgehead atoms. The third kappa shape index (κ3) is 6.00. The number of aromatic nitrogens is 2. The summed E-state index contributed by atoms with van der Waals surface area (Å²) >= 11 is 0. The predicted molar refractivity (Wildman–Crippen MR) is 132 cm³/mol. The molecule has 1 aromatic heterocycles. The molecule has 0 aliphatic carbocycles. The van der Waals surface area contributed by atoms with Crippen molar-refractivity contribution >= 4 is 6.03 Å². The number of aryl methyl sites for hydroxylation is 1. The fourth-order valence-corrected chi connectivity index (χ4v) is 4.19. The summed E-state index contributed by atoms with van der Waals surface area (Å²) in [4.78, 5) is 14.9. The Bertz CT molecular complexity index is 1110. The summed E-state index contributed by atoms with van der Waals surface area (Å²) in [6.45, 7) is 6.07. The van der Waals surface area contributed by atoms with Gasteiger partial charge in [-0.3, -0.25) is 0 Å². The van der Waals surface area contributed by atoms with Crippen molar-refractivity contribution in [1.82, 2.24) is 20.0 Å². The molecule has 8 heteroatoms. The molecule has 3 aromatic rings. The summed E-state index contributed by atoms with van der Waals surface area (Å²) in [6, 6.07) is 15.7. The molecule has 0 radical (unpaired) electrons. The monoisotopic (exact) mass is 480 g/mol. The van der Waals surface area contributed by atoms with E-state index in [-0.39, 0.29) is 24.4 Å². The lowest BCUT2D eigenvalue weighted by atomic mass is 10.1. The number of urea groups is 1. The SMILES string of the molecule is CCCNC(=O)N(Cc1c(CC)nn(-c2ccccc2)c1Oc1ccccc1F)CC1CCCO1. The highest BCUT2D eigenvalue weighted by Gasteiger charge is 2.28. The summed E-state index contributed by atoms with van der Waals surface area (Å²) < 4.78 is 28.3. The number of halogens is 1. The maximum atomic E-state index is 14.6. The Balaban J connectivity index is 1.75. The van der Waals surface area contributed by atoms with E-state index in [4.69, 9.17) is 14.6 Å². The third-order valence-corrected chi connectivity index (χ3v) is 6.01. The summed E-state index contributed by atoms with van der Waals surface area (Å²) in [7, 11) is 0. The van der Waals surface area contributed by atoms with Gasteiger partial charge < -0.3 is 19.7 Å². The first-order valence-corrected chi connectivity index (χ1v) is 12.3. The minimum absolute atomic E-state index is 0.00689. The zero-order valence-electron chi connectivity index (χ0n) is 20.4. The molecule has 1 aliphatic heterocycles. The van der Waals surface area contributed by atoms with Gasteiger partial charge in [-0.05, 0) is 49.9 Å². The zero-order valence-corrected chi connectivity index (χ0v) is 20.4. The first-order valence-electron chi connectivity index (χ1n) is 12.3. The first-order chi connectivity index (χ1) is 17.1. The number of benzene rings is 2. The average molecular weight is 481 g/mol. The van der Waals surface area contributed by atoms with Crippen LogP contribution in [0, 0.1) is 5.82 Å². The van der Waals surface area contributed by atoms with E-state index >= 15 is 0 Å². The number of rotatable bonds is 10. The van der Waals surface area contributed by atoms with Gasteiger partial charge in [-0.15, -0.1) is 0 Å². The van der Waals surface area contributed by atoms with Crippen LogP contribution >= 0.6 is 0 Å². The molecule has 0 saturated carbocycles. The van der Waals surface area contributed by atoms with Crippen LogP contribution in [0.2, 0.25) is 0 Å². The standard InChI is InChI=1S/C27H33FN4O3/c1-3-16-29-27(33)31(18-21-13-10-17-34-21)19-22-24(4-2)30-32(20-11-6-5-7-12-20)26(22)35-25-15-9-8-14-23(25)28/h5-9,11-12,14-15,21H,3-4,10,13,16-19H2,1-2H3,(H,29,33). The summed E-state index contributed by atoms with van der Waals surface area (Å²) in [5, 5.41) is 7.79. The molecule has 2 amide bonds. The molecule has 7 nitrogen and oxygen atoms in total. The number of hydrogen-bond acceptors (Lipinski definition) is 4. The van der Waals surface area contributed by atoms with Gasteiger partial charge in [0.05, 0.1) is 29.6 Å². The lowest BCUT2D eigenvalue weighted by Gasteiger charge is -2.26. The number of amides is 2. The van der Waals surface area contributed by atoms with Crippen LogP contribution in [0.4, 0.5) is 9.18 Å². The van der Waals surface area contributed by atoms with Crippen molar-refractivity contribution < 1.29 is 18.7 Å². The summed E-state index contributed by atoms with van der Waals surface area (Å²) in [5.41, 5.74) is 2.34. The normalized spacial score (nSPS) is 15.2. The number of para-hydroxylation sites is 2. The van der Waals surface area contributed by atoms with Crippen LogP contribution in [0.15, 0.2) is 54.6 Å².